The molecule has 2 heterocycles. The number of guanidine groups is 1. The van der Waals surface area contributed by atoms with E-state index in [-0.39, 0.29) is 0 Å². The minimum Gasteiger partial charge on any atom is -0.308 e. The molecule has 0 aromatic carbocycles. The van der Waals surface area contributed by atoms with Gasteiger partial charge in [-0.15, -0.1) is 0 Å². The van der Waals surface area contributed by atoms with Crippen molar-refractivity contribution < 1.29 is 4.68 Å². The van der Waals surface area contributed by atoms with Gasteiger partial charge in [0.2, 0.25) is 0 Å². The minimum atomic E-state index is 0.577. The van der Waals surface area contributed by atoms with E-state index in [1.165, 1.54) is 4.68 Å². The van der Waals surface area contributed by atoms with E-state index in [2.05, 4.69) is 17.5 Å². The van der Waals surface area contributed by atoms with Crippen LogP contribution in [0.1, 0.15) is 19.3 Å². The van der Waals surface area contributed by atoms with Gasteiger partial charge in [0.05, 0.1) is 13.1 Å². The number of piperidine rings is 1. The Morgan fingerprint density at radius 2 is 2.13 bits per heavy atom. The molecule has 15 heavy (non-hydrogen) atoms. The Morgan fingerprint density at radius 1 is 1.33 bits per heavy atom. The van der Waals surface area contributed by atoms with E-state index in [1.807, 2.05) is 5.01 Å². The van der Waals surface area contributed by atoms with Gasteiger partial charge in [-0.3, -0.25) is 9.91 Å². The van der Waals surface area contributed by atoms with Crippen LogP contribution in [0.25, 0.3) is 0 Å². The third-order valence-corrected chi connectivity index (χ3v) is 2.94. The Hall–Kier alpha value is -1.44. The average molecular weight is 207 g/mol. The summed E-state index contributed by atoms with van der Waals surface area (Å²) >= 11 is 0. The normalized spacial score (nSPS) is 22.9. The molecule has 0 aromatic heterocycles. The first-order valence-electron chi connectivity index (χ1n) is 5.46. The highest BCUT2D eigenvalue weighted by atomic mass is 15.6. The van der Waals surface area contributed by atoms with Gasteiger partial charge in [-0.2, -0.15) is 0 Å². The summed E-state index contributed by atoms with van der Waals surface area (Å²) in [6.07, 6.45) is 7.78. The molecule has 2 aliphatic rings. The lowest BCUT2D eigenvalue weighted by Crippen LogP contribution is -2.53. The van der Waals surface area contributed by atoms with Crippen LogP contribution >= 0.6 is 0 Å². The Morgan fingerprint density at radius 3 is 2.60 bits per heavy atom. The molecule has 0 aromatic rings. The van der Waals surface area contributed by atoms with E-state index in [0.717, 1.165) is 45.4 Å². The third kappa shape index (κ3) is 1.99. The first kappa shape index (κ1) is 10.1. The predicted molar refractivity (Wildman–Crippen MR) is 56.4 cm³/mol. The highest BCUT2D eigenvalue weighted by Gasteiger charge is 2.26. The van der Waals surface area contributed by atoms with Gasteiger partial charge in [0.15, 0.2) is 0 Å². The molecule has 2 N–H and O–H groups in total. The first-order chi connectivity index (χ1) is 7.33. The molecular weight excluding hydrogens is 190 g/mol. The number of hydrogen-bond donors (Lipinski definition) is 1. The summed E-state index contributed by atoms with van der Waals surface area (Å²) in [6, 6.07) is 0. The number of rotatable bonds is 1. The van der Waals surface area contributed by atoms with Crippen molar-refractivity contribution >= 4 is 5.96 Å². The van der Waals surface area contributed by atoms with Gasteiger partial charge in [-0.05, 0) is 30.9 Å². The van der Waals surface area contributed by atoms with Gasteiger partial charge in [0.25, 0.3) is 0 Å². The maximum absolute atomic E-state index is 9.06. The lowest BCUT2D eigenvalue weighted by atomic mass is 10.1. The molecule has 0 spiro atoms. The number of hydrogen-bond acceptors (Lipinski definition) is 2. The lowest BCUT2D eigenvalue weighted by Gasteiger charge is -2.32. The standard InChI is InChI=1S/C10H16N5/c11-9-15(14-7-4-8-14)10(12)13-5-2-1-3-6-13/h2,12H,1,3-8H2/p+1. The van der Waals surface area contributed by atoms with E-state index in [4.69, 9.17) is 11.0 Å². The van der Waals surface area contributed by atoms with Crippen LogP contribution in [0, 0.1) is 17.9 Å². The van der Waals surface area contributed by atoms with Gasteiger partial charge in [-0.1, -0.05) is 4.68 Å². The van der Waals surface area contributed by atoms with Gasteiger partial charge in [0, 0.05) is 13.1 Å². The Bertz CT molecular complexity index is 293. The average Bonchev–Trinajstić information content (AvgIpc) is 2.23. The molecule has 0 amide bonds. The van der Waals surface area contributed by atoms with E-state index >= 15 is 0 Å². The van der Waals surface area contributed by atoms with Gasteiger partial charge in [0.1, 0.15) is 0 Å². The number of likely N-dealkylation sites (tertiary alicyclic amines) is 1. The van der Waals surface area contributed by atoms with E-state index in [0.29, 0.717) is 5.96 Å². The summed E-state index contributed by atoms with van der Waals surface area (Å²) in [5.74, 6) is 0.577. The number of hydrazone groups is 1. The summed E-state index contributed by atoms with van der Waals surface area (Å²) in [6.45, 7) is 3.68. The second-order valence-corrected chi connectivity index (χ2v) is 3.95. The highest BCUT2D eigenvalue weighted by Crippen LogP contribution is 2.09. The quantitative estimate of drug-likeness (QED) is 0.211. The Kier molecular flexibility index (Phi) is 2.95. The smallest absolute Gasteiger partial charge is 0.308 e. The van der Waals surface area contributed by atoms with Gasteiger partial charge < -0.3 is 5.73 Å². The van der Waals surface area contributed by atoms with Crippen molar-refractivity contribution in [1.29, 1.82) is 5.26 Å². The molecule has 2 aliphatic heterocycles. The molecular formula is C10H17N5+. The molecule has 2 fully saturated rings. The maximum Gasteiger partial charge on any atom is 0.350 e. The SMILES string of the molecule is N#C[N+](=C(N)N1C[CH]CCC1)N1CCC1. The molecule has 2 rings (SSSR count). The zero-order valence-electron chi connectivity index (χ0n) is 8.89. The van der Waals surface area contributed by atoms with Crippen LogP contribution in [0.15, 0.2) is 0 Å². The first-order valence-corrected chi connectivity index (χ1v) is 5.46. The number of nitriles is 1. The van der Waals surface area contributed by atoms with Crippen molar-refractivity contribution in [2.45, 2.75) is 19.3 Å². The van der Waals surface area contributed by atoms with E-state index < -0.39 is 0 Å². The van der Waals surface area contributed by atoms with Crippen molar-refractivity contribution in [2.75, 3.05) is 26.2 Å². The summed E-state index contributed by atoms with van der Waals surface area (Å²) in [5.41, 5.74) is 6.00. The number of nitrogens with two attached hydrogens (primary N) is 1. The lowest BCUT2D eigenvalue weighted by molar-refractivity contribution is -0.641. The van der Waals surface area contributed by atoms with Crippen molar-refractivity contribution in [3.63, 3.8) is 0 Å². The Balaban J connectivity index is 2.09. The van der Waals surface area contributed by atoms with Crippen molar-refractivity contribution in [3.05, 3.63) is 6.42 Å². The molecule has 5 heteroatoms. The van der Waals surface area contributed by atoms with E-state index in [9.17, 15) is 0 Å². The zero-order chi connectivity index (χ0) is 10.7. The molecule has 0 saturated carbocycles. The molecule has 81 valence electrons. The van der Waals surface area contributed by atoms with Crippen LogP contribution in [0.2, 0.25) is 0 Å². The third-order valence-electron chi connectivity index (χ3n) is 2.94. The van der Waals surface area contributed by atoms with Crippen LogP contribution in [0.5, 0.6) is 0 Å². The fraction of sp³-hybridized carbons (Fsp3) is 0.700. The maximum atomic E-state index is 9.06. The summed E-state index contributed by atoms with van der Waals surface area (Å²) < 4.78 is 1.53. The van der Waals surface area contributed by atoms with Crippen LogP contribution in [-0.2, 0) is 0 Å². The van der Waals surface area contributed by atoms with Crippen LogP contribution in [0.3, 0.4) is 0 Å². The van der Waals surface area contributed by atoms with Crippen molar-refractivity contribution in [2.24, 2.45) is 5.73 Å². The topological polar surface area (TPSA) is 59.3 Å². The van der Waals surface area contributed by atoms with Gasteiger partial charge >= 0.3 is 12.2 Å². The molecule has 0 aliphatic carbocycles. The largest absolute Gasteiger partial charge is 0.350 e. The summed E-state index contributed by atoms with van der Waals surface area (Å²) in [7, 11) is 0. The van der Waals surface area contributed by atoms with Crippen LogP contribution in [-0.4, -0.2) is 46.7 Å². The summed E-state index contributed by atoms with van der Waals surface area (Å²) in [5, 5.41) is 11.0. The highest BCUT2D eigenvalue weighted by molar-refractivity contribution is 5.73. The zero-order valence-corrected chi connectivity index (χ0v) is 8.89. The van der Waals surface area contributed by atoms with Crippen LogP contribution < -0.4 is 5.73 Å². The number of hydrazine groups is 1. The van der Waals surface area contributed by atoms with Crippen molar-refractivity contribution in [1.82, 2.24) is 9.91 Å². The molecule has 0 bridgehead atoms. The fourth-order valence-corrected chi connectivity index (χ4v) is 1.87. The molecule has 1 radical (unpaired) electrons. The summed E-state index contributed by atoms with van der Waals surface area (Å²) in [4.78, 5) is 2.06. The molecule has 5 nitrogen and oxygen atoms in total. The molecule has 0 atom stereocenters. The Labute approximate surface area is 90.3 Å². The second-order valence-electron chi connectivity index (χ2n) is 3.95. The van der Waals surface area contributed by atoms with Crippen LogP contribution in [0.4, 0.5) is 0 Å². The fourth-order valence-electron chi connectivity index (χ4n) is 1.87. The van der Waals surface area contributed by atoms with Gasteiger partial charge in [-0.25, -0.2) is 0 Å². The number of nitrogens with zero attached hydrogens (tertiary/aromatic N) is 4. The molecule has 0 unspecified atom stereocenters. The monoisotopic (exact) mass is 207 g/mol. The molecule has 2 saturated heterocycles. The van der Waals surface area contributed by atoms with Crippen molar-refractivity contribution in [3.8, 4) is 6.19 Å². The predicted octanol–water partition coefficient (Wildman–Crippen LogP) is -0.285. The minimum absolute atomic E-state index is 0.577. The van der Waals surface area contributed by atoms with E-state index in [1.54, 1.807) is 0 Å². The second kappa shape index (κ2) is 4.39.